The maximum absolute atomic E-state index is 12.6. The zero-order chi connectivity index (χ0) is 12.2. The zero-order valence-electron chi connectivity index (χ0n) is 9.10. The van der Waals surface area contributed by atoms with E-state index in [0.717, 1.165) is 12.1 Å². The van der Waals surface area contributed by atoms with Crippen LogP contribution in [0, 0.1) is 5.82 Å². The van der Waals surface area contributed by atoms with Gasteiger partial charge in [0.05, 0.1) is 4.90 Å². The number of halogens is 1. The second-order valence-electron chi connectivity index (χ2n) is 3.35. The largest absolute Gasteiger partial charge is 0.240 e. The number of rotatable bonds is 5. The average molecular weight is 263 g/mol. The number of benzene rings is 1. The molecule has 0 aliphatic heterocycles. The Bertz CT molecular complexity index is 431. The molecule has 1 aromatic rings. The first kappa shape index (κ1) is 13.5. The van der Waals surface area contributed by atoms with E-state index in [1.54, 1.807) is 11.8 Å². The van der Waals surface area contributed by atoms with E-state index in [1.165, 1.54) is 12.1 Å². The Hall–Kier alpha value is -0.590. The van der Waals surface area contributed by atoms with E-state index in [-0.39, 0.29) is 10.1 Å². The van der Waals surface area contributed by atoms with Gasteiger partial charge in [-0.15, -0.1) is 0 Å². The third-order valence-electron chi connectivity index (χ3n) is 2.09. The summed E-state index contributed by atoms with van der Waals surface area (Å²) in [5.41, 5.74) is 0. The molecule has 0 heterocycles. The molecule has 16 heavy (non-hydrogen) atoms. The molecule has 90 valence electrons. The van der Waals surface area contributed by atoms with Crippen LogP contribution in [0.5, 0.6) is 0 Å². The van der Waals surface area contributed by atoms with Crippen LogP contribution in [0.4, 0.5) is 4.39 Å². The van der Waals surface area contributed by atoms with Crippen molar-refractivity contribution in [2.24, 2.45) is 0 Å². The Kier molecular flexibility index (Phi) is 4.76. The number of hydrogen-bond acceptors (Lipinski definition) is 3. The second-order valence-corrected chi connectivity index (χ2v) is 6.40. The Balaban J connectivity index is 2.74. The quantitative estimate of drug-likeness (QED) is 0.882. The molecule has 1 N–H and O–H groups in total. The summed E-state index contributed by atoms with van der Waals surface area (Å²) in [6, 6.07) is 4.77. The van der Waals surface area contributed by atoms with Crippen molar-refractivity contribution in [3.8, 4) is 0 Å². The lowest BCUT2D eigenvalue weighted by Gasteiger charge is -2.10. The van der Waals surface area contributed by atoms with Crippen molar-refractivity contribution in [1.82, 2.24) is 4.72 Å². The lowest BCUT2D eigenvalue weighted by molar-refractivity contribution is 0.580. The Morgan fingerprint density at radius 2 is 1.94 bits per heavy atom. The van der Waals surface area contributed by atoms with Gasteiger partial charge in [0.1, 0.15) is 5.82 Å². The summed E-state index contributed by atoms with van der Waals surface area (Å²) in [5.74, 6) is -0.448. The van der Waals surface area contributed by atoms with Gasteiger partial charge in [0.15, 0.2) is 0 Å². The van der Waals surface area contributed by atoms with Crippen LogP contribution >= 0.6 is 11.8 Å². The molecule has 0 aromatic heterocycles. The van der Waals surface area contributed by atoms with Crippen LogP contribution < -0.4 is 4.72 Å². The minimum absolute atomic E-state index is 0.0854. The maximum Gasteiger partial charge on any atom is 0.240 e. The highest BCUT2D eigenvalue weighted by Gasteiger charge is 2.14. The van der Waals surface area contributed by atoms with Crippen molar-refractivity contribution in [3.05, 3.63) is 30.1 Å². The second kappa shape index (κ2) is 5.65. The first-order chi connectivity index (χ1) is 7.45. The molecule has 1 atom stereocenters. The van der Waals surface area contributed by atoms with E-state index >= 15 is 0 Å². The van der Waals surface area contributed by atoms with Crippen molar-refractivity contribution >= 4 is 21.8 Å². The van der Waals surface area contributed by atoms with Crippen molar-refractivity contribution < 1.29 is 12.8 Å². The van der Waals surface area contributed by atoms with Crippen LogP contribution in [-0.4, -0.2) is 26.5 Å². The molecule has 6 heteroatoms. The molecule has 0 bridgehead atoms. The van der Waals surface area contributed by atoms with Gasteiger partial charge in [-0.2, -0.15) is 11.8 Å². The molecular weight excluding hydrogens is 249 g/mol. The molecule has 0 aliphatic carbocycles. The van der Waals surface area contributed by atoms with Gasteiger partial charge in [-0.25, -0.2) is 17.5 Å². The molecule has 1 aromatic carbocycles. The van der Waals surface area contributed by atoms with Gasteiger partial charge in [0.2, 0.25) is 10.0 Å². The summed E-state index contributed by atoms with van der Waals surface area (Å²) in [7, 11) is -3.51. The van der Waals surface area contributed by atoms with Crippen LogP contribution in [-0.2, 0) is 10.0 Å². The van der Waals surface area contributed by atoms with E-state index in [2.05, 4.69) is 4.72 Å². The molecule has 0 saturated heterocycles. The highest BCUT2D eigenvalue weighted by Crippen LogP contribution is 2.10. The van der Waals surface area contributed by atoms with Crippen LogP contribution in [0.3, 0.4) is 0 Å². The van der Waals surface area contributed by atoms with Crippen LogP contribution in [0.15, 0.2) is 29.2 Å². The van der Waals surface area contributed by atoms with Gasteiger partial charge >= 0.3 is 0 Å². The minimum atomic E-state index is -3.51. The highest BCUT2D eigenvalue weighted by atomic mass is 32.2. The summed E-state index contributed by atoms with van der Waals surface area (Å²) in [6.45, 7) is 2.29. The van der Waals surface area contributed by atoms with Crippen LogP contribution in [0.2, 0.25) is 0 Å². The monoisotopic (exact) mass is 263 g/mol. The third kappa shape index (κ3) is 3.77. The summed E-state index contributed by atoms with van der Waals surface area (Å²) < 4.78 is 38.5. The molecule has 1 unspecified atom stereocenters. The van der Waals surface area contributed by atoms with Gasteiger partial charge in [-0.3, -0.25) is 0 Å². The highest BCUT2D eigenvalue weighted by molar-refractivity contribution is 7.99. The number of sulfonamides is 1. The Labute approximate surface area is 99.5 Å². The third-order valence-corrected chi connectivity index (χ3v) is 4.50. The van der Waals surface area contributed by atoms with E-state index in [0.29, 0.717) is 6.54 Å². The topological polar surface area (TPSA) is 46.2 Å². The number of thioether (sulfide) groups is 1. The van der Waals surface area contributed by atoms with Gasteiger partial charge < -0.3 is 0 Å². The van der Waals surface area contributed by atoms with Crippen LogP contribution in [0.1, 0.15) is 6.92 Å². The van der Waals surface area contributed by atoms with Gasteiger partial charge in [-0.1, -0.05) is 6.92 Å². The number of hydrogen-bond donors (Lipinski definition) is 1. The van der Waals surface area contributed by atoms with Crippen molar-refractivity contribution in [2.75, 3.05) is 12.8 Å². The summed E-state index contributed by atoms with van der Waals surface area (Å²) in [4.78, 5) is 0.0854. The normalized spacial score (nSPS) is 13.7. The fourth-order valence-corrected chi connectivity index (χ4v) is 2.49. The Morgan fingerprint density at radius 3 is 2.44 bits per heavy atom. The average Bonchev–Trinajstić information content (AvgIpc) is 2.26. The molecule has 0 spiro atoms. The molecule has 0 radical (unpaired) electrons. The predicted molar refractivity (Wildman–Crippen MR) is 64.6 cm³/mol. The van der Waals surface area contributed by atoms with Crippen LogP contribution in [0.25, 0.3) is 0 Å². The standard InChI is InChI=1S/C10H14FNO2S2/c1-8(15-2)7-12-16(13,14)10-5-3-9(11)4-6-10/h3-6,8,12H,7H2,1-2H3. The first-order valence-corrected chi connectivity index (χ1v) is 7.51. The summed E-state index contributed by atoms with van der Waals surface area (Å²) in [5, 5.41) is 0.204. The van der Waals surface area contributed by atoms with E-state index in [1.807, 2.05) is 13.2 Å². The van der Waals surface area contributed by atoms with Crippen molar-refractivity contribution in [3.63, 3.8) is 0 Å². The van der Waals surface area contributed by atoms with Gasteiger partial charge in [-0.05, 0) is 30.5 Å². The molecule has 0 fully saturated rings. The summed E-state index contributed by atoms with van der Waals surface area (Å²) in [6.07, 6.45) is 1.91. The zero-order valence-corrected chi connectivity index (χ0v) is 10.7. The van der Waals surface area contributed by atoms with Gasteiger partial charge in [0.25, 0.3) is 0 Å². The smallest absolute Gasteiger partial charge is 0.210 e. The lowest BCUT2D eigenvalue weighted by Crippen LogP contribution is -2.29. The maximum atomic E-state index is 12.6. The van der Waals surface area contributed by atoms with E-state index < -0.39 is 15.8 Å². The molecule has 0 amide bonds. The molecule has 0 aliphatic rings. The Morgan fingerprint density at radius 1 is 1.38 bits per heavy atom. The van der Waals surface area contributed by atoms with E-state index in [9.17, 15) is 12.8 Å². The van der Waals surface area contributed by atoms with Crippen molar-refractivity contribution in [1.29, 1.82) is 0 Å². The molecule has 1 rings (SSSR count). The number of nitrogens with one attached hydrogen (secondary N) is 1. The first-order valence-electron chi connectivity index (χ1n) is 4.74. The lowest BCUT2D eigenvalue weighted by atomic mass is 10.4. The summed E-state index contributed by atoms with van der Waals surface area (Å²) >= 11 is 1.58. The molecular formula is C10H14FNO2S2. The van der Waals surface area contributed by atoms with Crippen molar-refractivity contribution in [2.45, 2.75) is 17.1 Å². The fraction of sp³-hybridized carbons (Fsp3) is 0.400. The SMILES string of the molecule is CSC(C)CNS(=O)(=O)c1ccc(F)cc1. The molecule has 0 saturated carbocycles. The minimum Gasteiger partial charge on any atom is -0.210 e. The molecule has 3 nitrogen and oxygen atoms in total. The van der Waals surface area contributed by atoms with E-state index in [4.69, 9.17) is 0 Å². The predicted octanol–water partition coefficient (Wildman–Crippen LogP) is 1.86. The van der Waals surface area contributed by atoms with Gasteiger partial charge in [0, 0.05) is 11.8 Å². The fourth-order valence-electron chi connectivity index (χ4n) is 1.01.